The van der Waals surface area contributed by atoms with Gasteiger partial charge >= 0.3 is 0 Å². The van der Waals surface area contributed by atoms with Gasteiger partial charge in [0.1, 0.15) is 5.82 Å². The summed E-state index contributed by atoms with van der Waals surface area (Å²) in [5.41, 5.74) is 0.576. The van der Waals surface area contributed by atoms with Crippen LogP contribution in [0.25, 0.3) is 0 Å². The maximum atomic E-state index is 12.8. The van der Waals surface area contributed by atoms with Crippen molar-refractivity contribution in [2.45, 2.75) is 19.3 Å². The molecule has 0 aliphatic heterocycles. The number of rotatable bonds is 2. The summed E-state index contributed by atoms with van der Waals surface area (Å²) in [5.74, 6) is -0.670. The fourth-order valence-corrected chi connectivity index (χ4v) is 1.41. The summed E-state index contributed by atoms with van der Waals surface area (Å²) in [4.78, 5) is 0. The Morgan fingerprint density at radius 1 is 1.62 bits per heavy atom. The predicted molar refractivity (Wildman–Crippen MR) is 50.1 cm³/mol. The minimum Gasteiger partial charge on any atom is -0.207 e. The van der Waals surface area contributed by atoms with Crippen LogP contribution in [0.2, 0.25) is 5.02 Å². The van der Waals surface area contributed by atoms with Crippen LogP contribution < -0.4 is 0 Å². The Kier molecular flexibility index (Phi) is 3.27. The second-order valence-electron chi connectivity index (χ2n) is 2.76. The van der Waals surface area contributed by atoms with Crippen LogP contribution in [0.15, 0.2) is 18.2 Å². The zero-order chi connectivity index (χ0) is 9.84. The number of hydrogen-bond acceptors (Lipinski definition) is 1. The van der Waals surface area contributed by atoms with Crippen LogP contribution in [0.3, 0.4) is 0 Å². The molecule has 0 aliphatic carbocycles. The van der Waals surface area contributed by atoms with Crippen LogP contribution in [-0.4, -0.2) is 0 Å². The molecule has 0 saturated carbocycles. The molecule has 0 heterocycles. The van der Waals surface area contributed by atoms with Gasteiger partial charge in [0.2, 0.25) is 0 Å². The first kappa shape index (κ1) is 10.0. The van der Waals surface area contributed by atoms with Crippen molar-refractivity contribution in [1.82, 2.24) is 0 Å². The molecule has 0 saturated heterocycles. The first-order valence-electron chi connectivity index (χ1n) is 4.03. The number of benzene rings is 1. The molecule has 1 nitrogen and oxygen atoms in total. The number of nitriles is 1. The van der Waals surface area contributed by atoms with Crippen molar-refractivity contribution in [1.29, 1.82) is 5.26 Å². The van der Waals surface area contributed by atoms with E-state index in [4.69, 9.17) is 16.9 Å². The summed E-state index contributed by atoms with van der Waals surface area (Å²) in [5, 5.41) is 9.22. The second-order valence-corrected chi connectivity index (χ2v) is 3.16. The number of halogens is 2. The molecule has 1 aromatic rings. The average molecular weight is 198 g/mol. The maximum absolute atomic E-state index is 12.8. The molecule has 0 amide bonds. The Balaban J connectivity index is 3.13. The second kappa shape index (κ2) is 4.25. The maximum Gasteiger partial charge on any atom is 0.123 e. The Bertz CT molecular complexity index is 343. The van der Waals surface area contributed by atoms with Crippen LogP contribution >= 0.6 is 11.6 Å². The van der Waals surface area contributed by atoms with Gasteiger partial charge in [0.15, 0.2) is 0 Å². The molecule has 3 heteroatoms. The van der Waals surface area contributed by atoms with Gasteiger partial charge in [-0.05, 0) is 30.2 Å². The highest BCUT2D eigenvalue weighted by Crippen LogP contribution is 2.26. The molecule has 0 spiro atoms. The van der Waals surface area contributed by atoms with Crippen molar-refractivity contribution in [3.63, 3.8) is 0 Å². The highest BCUT2D eigenvalue weighted by molar-refractivity contribution is 6.31. The Hall–Kier alpha value is -1.07. The summed E-state index contributed by atoms with van der Waals surface area (Å²) in [6.07, 6.45) is 0.639. The van der Waals surface area contributed by atoms with Gasteiger partial charge in [0, 0.05) is 5.02 Å². The molecule has 68 valence electrons. The van der Waals surface area contributed by atoms with E-state index in [1.54, 1.807) is 0 Å². The smallest absolute Gasteiger partial charge is 0.123 e. The molecule has 0 radical (unpaired) electrons. The van der Waals surface area contributed by atoms with Crippen LogP contribution in [0, 0.1) is 17.1 Å². The van der Waals surface area contributed by atoms with Crippen LogP contribution in [0.1, 0.15) is 24.8 Å². The summed E-state index contributed by atoms with van der Waals surface area (Å²) >= 11 is 5.83. The lowest BCUT2D eigenvalue weighted by Gasteiger charge is -2.08. The third-order valence-corrected chi connectivity index (χ3v) is 2.24. The van der Waals surface area contributed by atoms with E-state index in [-0.39, 0.29) is 11.7 Å². The van der Waals surface area contributed by atoms with E-state index in [1.807, 2.05) is 6.92 Å². The average Bonchev–Trinajstić information content (AvgIpc) is 2.13. The van der Waals surface area contributed by atoms with E-state index in [2.05, 4.69) is 6.07 Å². The minimum absolute atomic E-state index is 0.316. The Labute approximate surface area is 81.8 Å². The highest BCUT2D eigenvalue weighted by Gasteiger charge is 2.12. The highest BCUT2D eigenvalue weighted by atomic mass is 35.5. The topological polar surface area (TPSA) is 23.8 Å². The molecule has 0 fully saturated rings. The summed E-state index contributed by atoms with van der Waals surface area (Å²) in [6.45, 7) is 1.87. The molecular weight excluding hydrogens is 189 g/mol. The van der Waals surface area contributed by atoms with E-state index in [0.29, 0.717) is 17.0 Å². The molecule has 0 bridgehead atoms. The van der Waals surface area contributed by atoms with E-state index in [0.717, 1.165) is 0 Å². The van der Waals surface area contributed by atoms with Crippen LogP contribution in [-0.2, 0) is 0 Å². The van der Waals surface area contributed by atoms with Crippen molar-refractivity contribution in [2.24, 2.45) is 0 Å². The first-order chi connectivity index (χ1) is 6.19. The largest absolute Gasteiger partial charge is 0.207 e. The normalized spacial score (nSPS) is 12.2. The van der Waals surface area contributed by atoms with E-state index in [1.165, 1.54) is 18.2 Å². The standard InChI is InChI=1S/C10H9ClFN/c1-2-7(6-13)9-5-8(12)3-4-10(9)11/h3-5,7H,2H2,1H3. The molecule has 1 aromatic carbocycles. The van der Waals surface area contributed by atoms with Crippen molar-refractivity contribution >= 4 is 11.6 Å². The fraction of sp³-hybridized carbons (Fsp3) is 0.300. The molecular formula is C10H9ClFN. The van der Waals surface area contributed by atoms with Gasteiger partial charge in [0.25, 0.3) is 0 Å². The van der Waals surface area contributed by atoms with Gasteiger partial charge in [-0.1, -0.05) is 18.5 Å². The third-order valence-electron chi connectivity index (χ3n) is 1.90. The minimum atomic E-state index is -0.354. The molecule has 13 heavy (non-hydrogen) atoms. The van der Waals surface area contributed by atoms with Gasteiger partial charge in [-0.15, -0.1) is 0 Å². The third kappa shape index (κ3) is 2.19. The SMILES string of the molecule is CCC(C#N)c1cc(F)ccc1Cl. The lowest BCUT2D eigenvalue weighted by atomic mass is 9.98. The van der Waals surface area contributed by atoms with E-state index in [9.17, 15) is 4.39 Å². The van der Waals surface area contributed by atoms with Crippen molar-refractivity contribution < 1.29 is 4.39 Å². The molecule has 1 rings (SSSR count). The number of hydrogen-bond donors (Lipinski definition) is 0. The van der Waals surface area contributed by atoms with Crippen molar-refractivity contribution in [3.8, 4) is 6.07 Å². The van der Waals surface area contributed by atoms with Gasteiger partial charge in [-0.3, -0.25) is 0 Å². The Morgan fingerprint density at radius 2 is 2.31 bits per heavy atom. The first-order valence-corrected chi connectivity index (χ1v) is 4.41. The van der Waals surface area contributed by atoms with Crippen LogP contribution in [0.5, 0.6) is 0 Å². The monoisotopic (exact) mass is 197 g/mol. The molecule has 0 N–H and O–H groups in total. The molecule has 0 aromatic heterocycles. The van der Waals surface area contributed by atoms with Gasteiger partial charge in [-0.2, -0.15) is 5.26 Å². The number of nitrogens with zero attached hydrogens (tertiary/aromatic N) is 1. The molecule has 1 unspecified atom stereocenters. The predicted octanol–water partition coefficient (Wildman–Crippen LogP) is 3.50. The van der Waals surface area contributed by atoms with Gasteiger partial charge in [0.05, 0.1) is 12.0 Å². The lowest BCUT2D eigenvalue weighted by Crippen LogP contribution is -1.95. The zero-order valence-corrected chi connectivity index (χ0v) is 7.98. The summed E-state index contributed by atoms with van der Waals surface area (Å²) in [6, 6.07) is 6.17. The van der Waals surface area contributed by atoms with E-state index >= 15 is 0 Å². The lowest BCUT2D eigenvalue weighted by molar-refractivity contribution is 0.623. The van der Waals surface area contributed by atoms with Gasteiger partial charge in [-0.25, -0.2) is 4.39 Å². The van der Waals surface area contributed by atoms with Crippen molar-refractivity contribution in [3.05, 3.63) is 34.6 Å². The quantitative estimate of drug-likeness (QED) is 0.712. The summed E-state index contributed by atoms with van der Waals surface area (Å²) in [7, 11) is 0. The molecule has 1 atom stereocenters. The van der Waals surface area contributed by atoms with Crippen molar-refractivity contribution in [2.75, 3.05) is 0 Å². The van der Waals surface area contributed by atoms with E-state index < -0.39 is 0 Å². The fourth-order valence-electron chi connectivity index (χ4n) is 1.16. The Morgan fingerprint density at radius 3 is 2.85 bits per heavy atom. The molecule has 0 aliphatic rings. The van der Waals surface area contributed by atoms with Crippen LogP contribution in [0.4, 0.5) is 4.39 Å². The van der Waals surface area contributed by atoms with Gasteiger partial charge < -0.3 is 0 Å². The summed E-state index contributed by atoms with van der Waals surface area (Å²) < 4.78 is 12.8. The zero-order valence-electron chi connectivity index (χ0n) is 7.22.